The van der Waals surface area contributed by atoms with E-state index >= 15 is 0 Å². The number of aliphatic hydroxyl groups excluding tert-OH is 1. The third-order valence-electron chi connectivity index (χ3n) is 6.49. The Morgan fingerprint density at radius 3 is 2.67 bits per heavy atom. The zero-order valence-electron chi connectivity index (χ0n) is 22.2. The maximum Gasteiger partial charge on any atom is 0.394 e. The van der Waals surface area contributed by atoms with Crippen molar-refractivity contribution < 1.29 is 31.9 Å². The van der Waals surface area contributed by atoms with E-state index in [0.29, 0.717) is 35.7 Å². The van der Waals surface area contributed by atoms with Gasteiger partial charge in [0.25, 0.3) is 5.92 Å². The summed E-state index contributed by atoms with van der Waals surface area (Å²) < 4.78 is 66.9. The molecule has 0 aliphatic carbocycles. The van der Waals surface area contributed by atoms with Crippen LogP contribution in [0, 0.1) is 5.92 Å². The van der Waals surface area contributed by atoms with Crippen LogP contribution >= 0.6 is 0 Å². The molecule has 40 heavy (non-hydrogen) atoms. The molecule has 1 fully saturated rings. The minimum absolute atomic E-state index is 0.0865. The smallest absolute Gasteiger partial charge is 0.387 e. The topological polar surface area (TPSA) is 127 Å². The van der Waals surface area contributed by atoms with Crippen LogP contribution in [-0.2, 0) is 18.3 Å². The van der Waals surface area contributed by atoms with Gasteiger partial charge in [-0.3, -0.25) is 4.79 Å². The zero-order chi connectivity index (χ0) is 29.8. The van der Waals surface area contributed by atoms with Gasteiger partial charge in [-0.25, -0.2) is 18.3 Å². The van der Waals surface area contributed by atoms with Gasteiger partial charge in [0.15, 0.2) is 5.82 Å². The number of fused-ring (bicyclic) bond motifs is 1. The highest BCUT2D eigenvalue weighted by Gasteiger charge is 2.42. The first kappa shape index (κ1) is 30.5. The summed E-state index contributed by atoms with van der Waals surface area (Å²) in [6, 6.07) is 1.81. The molecule has 0 spiro atoms. The number of aliphatic hydroxyl groups is 1. The van der Waals surface area contributed by atoms with Crippen LogP contribution in [0.4, 0.5) is 33.7 Å². The Morgan fingerprint density at radius 2 is 2.08 bits per heavy atom. The number of amides is 1. The van der Waals surface area contributed by atoms with E-state index in [-0.39, 0.29) is 11.6 Å². The van der Waals surface area contributed by atoms with E-state index in [1.807, 2.05) is 6.07 Å². The number of piperidine rings is 1. The van der Waals surface area contributed by atoms with Crippen molar-refractivity contribution in [3.8, 4) is 0 Å². The highest BCUT2D eigenvalue weighted by molar-refractivity contribution is 5.90. The molecule has 10 nitrogen and oxygen atoms in total. The third kappa shape index (κ3) is 7.14. The molecule has 4 N–H and O–H groups in total. The second kappa shape index (κ2) is 12.0. The predicted octanol–water partition coefficient (Wildman–Crippen LogP) is 3.40. The van der Waals surface area contributed by atoms with Crippen LogP contribution in [0.25, 0.3) is 17.2 Å². The van der Waals surface area contributed by atoms with Crippen LogP contribution in [0.15, 0.2) is 31.1 Å². The van der Waals surface area contributed by atoms with Gasteiger partial charge in [0.1, 0.15) is 17.9 Å². The Bertz CT molecular complexity index is 1400. The number of hydrogen-bond donors (Lipinski definition) is 3. The van der Waals surface area contributed by atoms with Crippen LogP contribution in [-0.4, -0.2) is 78.9 Å². The summed E-state index contributed by atoms with van der Waals surface area (Å²) >= 11 is 0. The first-order chi connectivity index (χ1) is 18.7. The number of carbonyl (C=O) groups is 1. The molecule has 4 rings (SSSR count). The molecule has 3 aromatic rings. The number of nitrogens with two attached hydrogens (primary N) is 1. The van der Waals surface area contributed by atoms with E-state index < -0.39 is 43.5 Å². The molecule has 1 amide bonds. The van der Waals surface area contributed by atoms with Crippen LogP contribution < -0.4 is 11.1 Å². The van der Waals surface area contributed by atoms with Gasteiger partial charge in [-0.15, -0.1) is 5.10 Å². The van der Waals surface area contributed by atoms with E-state index in [1.165, 1.54) is 17.7 Å². The fourth-order valence-corrected chi connectivity index (χ4v) is 4.09. The second-order valence-corrected chi connectivity index (χ2v) is 9.33. The van der Waals surface area contributed by atoms with Gasteiger partial charge in [0.05, 0.1) is 13.0 Å². The summed E-state index contributed by atoms with van der Waals surface area (Å²) in [7, 11) is 3.26. The summed E-state index contributed by atoms with van der Waals surface area (Å²) in [4.78, 5) is 20.1. The number of alkyl halides is 5. The number of allylic oxidation sites excluding steroid dienone is 2. The number of hydrogen-bond acceptors (Lipinski definition) is 7. The molecule has 0 radical (unpaired) electrons. The molecule has 0 aromatic carbocycles. The van der Waals surface area contributed by atoms with Crippen molar-refractivity contribution in [2.45, 2.75) is 31.9 Å². The molecule has 0 saturated carbocycles. The van der Waals surface area contributed by atoms with Crippen molar-refractivity contribution in [2.24, 2.45) is 13.0 Å². The highest BCUT2D eigenvalue weighted by Crippen LogP contribution is 2.32. The summed E-state index contributed by atoms with van der Waals surface area (Å²) in [5, 5.41) is 15.6. The Labute approximate surface area is 227 Å². The summed E-state index contributed by atoms with van der Waals surface area (Å²) in [6.07, 6.45) is 1.23. The van der Waals surface area contributed by atoms with Gasteiger partial charge < -0.3 is 25.6 Å². The molecule has 1 aliphatic rings. The monoisotopic (exact) mass is 570 g/mol. The molecule has 0 bridgehead atoms. The van der Waals surface area contributed by atoms with Gasteiger partial charge in [-0.2, -0.15) is 18.2 Å². The molecule has 15 heteroatoms. The number of carbonyl (C=O) groups excluding carboxylic acids is 1. The van der Waals surface area contributed by atoms with Crippen LogP contribution in [0.1, 0.15) is 30.4 Å². The van der Waals surface area contributed by atoms with Crippen molar-refractivity contribution >= 4 is 34.8 Å². The molecule has 4 heterocycles. The van der Waals surface area contributed by atoms with Gasteiger partial charge in [0, 0.05) is 50.2 Å². The average Bonchev–Trinajstić information content (AvgIpc) is 3.46. The highest BCUT2D eigenvalue weighted by atomic mass is 19.4. The minimum atomic E-state index is -4.28. The molecule has 3 aromatic heterocycles. The normalized spacial score (nSPS) is 17.1. The van der Waals surface area contributed by atoms with Crippen LogP contribution in [0.5, 0.6) is 0 Å². The number of nitrogen functional groups attached to an aromatic ring is 1. The Kier molecular flexibility index (Phi) is 9.18. The average molecular weight is 571 g/mol. The molecule has 1 aliphatic heterocycles. The lowest BCUT2D eigenvalue weighted by atomic mass is 9.95. The maximum absolute atomic E-state index is 13.1. The number of likely N-dealkylation sites (tertiary alicyclic amines) is 1. The first-order valence-corrected chi connectivity index (χ1v) is 12.2. The lowest BCUT2D eigenvalue weighted by Gasteiger charge is -2.36. The quantitative estimate of drug-likeness (QED) is 0.306. The standard InChI is InChI=1S/C17H18F3N7.C8H13F2NO2/c1-10(4-5-13-23-9-11(26(13)3)8-17(18,19)20)12-6-7-27-14(12)15(22-2)24-16(21)25-27;1-6-2-3-11(7(13)4-12)5-8(6,9)10/h4-7,9H,1,8H2,2-3H3,(H3,21,22,24,25);6,12H,2-5H2,1H3/b5-4-;. The van der Waals surface area contributed by atoms with Crippen molar-refractivity contribution in [1.29, 1.82) is 0 Å². The summed E-state index contributed by atoms with van der Waals surface area (Å²) in [6.45, 7) is 4.56. The molecule has 218 valence electrons. The molecule has 1 atom stereocenters. The van der Waals surface area contributed by atoms with E-state index in [4.69, 9.17) is 10.8 Å². The Balaban J connectivity index is 0.000000285. The third-order valence-corrected chi connectivity index (χ3v) is 6.49. The lowest BCUT2D eigenvalue weighted by molar-refractivity contribution is -0.151. The number of rotatable bonds is 6. The van der Waals surface area contributed by atoms with E-state index in [2.05, 4.69) is 27.0 Å². The predicted molar refractivity (Wildman–Crippen MR) is 140 cm³/mol. The summed E-state index contributed by atoms with van der Waals surface area (Å²) in [5.41, 5.74) is 7.84. The van der Waals surface area contributed by atoms with Gasteiger partial charge in [0.2, 0.25) is 11.9 Å². The van der Waals surface area contributed by atoms with E-state index in [1.54, 1.807) is 37.0 Å². The first-order valence-electron chi connectivity index (χ1n) is 12.2. The summed E-state index contributed by atoms with van der Waals surface area (Å²) in [5.74, 6) is -3.06. The maximum atomic E-state index is 13.1. The number of anilines is 2. The molecular formula is C25H31F5N8O2. The van der Waals surface area contributed by atoms with Crippen molar-refractivity contribution in [3.63, 3.8) is 0 Å². The molecule has 1 unspecified atom stereocenters. The van der Waals surface area contributed by atoms with Crippen molar-refractivity contribution in [2.75, 3.05) is 37.8 Å². The number of aromatic nitrogens is 5. The number of halogens is 5. The van der Waals surface area contributed by atoms with Gasteiger partial charge >= 0.3 is 6.18 Å². The van der Waals surface area contributed by atoms with Gasteiger partial charge in [-0.1, -0.05) is 19.6 Å². The number of imidazole rings is 1. The van der Waals surface area contributed by atoms with Gasteiger partial charge in [-0.05, 0) is 24.1 Å². The van der Waals surface area contributed by atoms with E-state index in [0.717, 1.165) is 10.5 Å². The largest absolute Gasteiger partial charge is 0.394 e. The Morgan fingerprint density at radius 1 is 1.38 bits per heavy atom. The van der Waals surface area contributed by atoms with Crippen LogP contribution in [0.2, 0.25) is 0 Å². The molecule has 1 saturated heterocycles. The fraction of sp³-hybridized carbons (Fsp3) is 0.440. The second-order valence-electron chi connectivity index (χ2n) is 9.33. The minimum Gasteiger partial charge on any atom is -0.387 e. The molecular weight excluding hydrogens is 539 g/mol. The SMILES string of the molecule is C=C(/C=C\c1ncc(CC(F)(F)F)n1C)c1ccn2nc(N)nc(NC)c12.CC1CCN(C(=O)CO)CC1(F)F. The number of nitrogens with one attached hydrogen (secondary N) is 1. The van der Waals surface area contributed by atoms with E-state index in [9.17, 15) is 26.7 Å². The lowest BCUT2D eigenvalue weighted by Crippen LogP contribution is -2.50. The number of nitrogens with zero attached hydrogens (tertiary/aromatic N) is 6. The van der Waals surface area contributed by atoms with Crippen molar-refractivity contribution in [3.05, 3.63) is 48.2 Å². The zero-order valence-corrected chi connectivity index (χ0v) is 22.2. The van der Waals surface area contributed by atoms with Crippen LogP contribution in [0.3, 0.4) is 0 Å². The fourth-order valence-electron chi connectivity index (χ4n) is 4.09. The Hall–Kier alpha value is -4.01. The van der Waals surface area contributed by atoms with Crippen molar-refractivity contribution in [1.82, 2.24) is 29.0 Å².